The standard InChI is InChI=1S/C26H28F3NO3/c1-4-8-22-24(25(32)33-5-2)20(19-9-6-7-10-21(19)26(27,28)29)15-23(31)30(22)16-18-13-11-17(3)12-14-18/h6-7,9-14,20H,4-5,8,15-16H2,1-3H3. The van der Waals surface area contributed by atoms with Gasteiger partial charge in [0.05, 0.1) is 24.3 Å². The first-order valence-corrected chi connectivity index (χ1v) is 11.1. The number of carbonyl (C=O) groups is 2. The first kappa shape index (κ1) is 24.6. The fraction of sp³-hybridized carbons (Fsp3) is 0.385. The number of allylic oxidation sites excluding steroid dienone is 1. The van der Waals surface area contributed by atoms with Crippen LogP contribution in [0.2, 0.25) is 0 Å². The Balaban J connectivity index is 2.17. The molecule has 4 nitrogen and oxygen atoms in total. The minimum Gasteiger partial charge on any atom is -0.463 e. The summed E-state index contributed by atoms with van der Waals surface area (Å²) in [5, 5.41) is 0. The van der Waals surface area contributed by atoms with Gasteiger partial charge in [0.15, 0.2) is 0 Å². The molecule has 2 aromatic rings. The number of esters is 1. The third kappa shape index (κ3) is 5.46. The monoisotopic (exact) mass is 459 g/mol. The summed E-state index contributed by atoms with van der Waals surface area (Å²) in [6.07, 6.45) is -3.86. The van der Waals surface area contributed by atoms with Crippen molar-refractivity contribution in [3.8, 4) is 0 Å². The van der Waals surface area contributed by atoms with Gasteiger partial charge in [-0.2, -0.15) is 13.2 Å². The van der Waals surface area contributed by atoms with Crippen LogP contribution in [0.15, 0.2) is 59.8 Å². The van der Waals surface area contributed by atoms with Gasteiger partial charge in [0.1, 0.15) is 0 Å². The molecule has 0 aromatic heterocycles. The van der Waals surface area contributed by atoms with E-state index in [1.165, 1.54) is 23.1 Å². The number of benzene rings is 2. The largest absolute Gasteiger partial charge is 0.463 e. The Morgan fingerprint density at radius 2 is 1.76 bits per heavy atom. The lowest BCUT2D eigenvalue weighted by Gasteiger charge is -2.36. The van der Waals surface area contributed by atoms with E-state index < -0.39 is 23.6 Å². The molecular weight excluding hydrogens is 431 g/mol. The minimum atomic E-state index is -4.61. The molecule has 0 radical (unpaired) electrons. The van der Waals surface area contributed by atoms with Gasteiger partial charge in [-0.05, 0) is 37.5 Å². The van der Waals surface area contributed by atoms with Crippen LogP contribution < -0.4 is 0 Å². The van der Waals surface area contributed by atoms with E-state index >= 15 is 0 Å². The number of alkyl halides is 3. The smallest absolute Gasteiger partial charge is 0.416 e. The molecule has 0 N–H and O–H groups in total. The van der Waals surface area contributed by atoms with Gasteiger partial charge in [-0.1, -0.05) is 61.4 Å². The van der Waals surface area contributed by atoms with Gasteiger partial charge in [0.2, 0.25) is 5.91 Å². The summed E-state index contributed by atoms with van der Waals surface area (Å²) in [5.74, 6) is -2.01. The molecule has 7 heteroatoms. The summed E-state index contributed by atoms with van der Waals surface area (Å²) in [4.78, 5) is 27.9. The highest BCUT2D eigenvalue weighted by molar-refractivity contribution is 5.96. The zero-order valence-electron chi connectivity index (χ0n) is 19.0. The summed E-state index contributed by atoms with van der Waals surface area (Å²) in [6, 6.07) is 12.8. The van der Waals surface area contributed by atoms with Crippen molar-refractivity contribution in [2.24, 2.45) is 0 Å². The Labute approximate surface area is 192 Å². The number of nitrogens with zero attached hydrogens (tertiary/aromatic N) is 1. The van der Waals surface area contributed by atoms with Gasteiger partial charge in [-0.3, -0.25) is 4.79 Å². The molecule has 0 fully saturated rings. The van der Waals surface area contributed by atoms with E-state index in [2.05, 4.69) is 0 Å². The predicted octanol–water partition coefficient (Wildman–Crippen LogP) is 6.15. The minimum absolute atomic E-state index is 0.0787. The number of amides is 1. The molecule has 0 bridgehead atoms. The number of rotatable bonds is 7. The van der Waals surface area contributed by atoms with Gasteiger partial charge in [-0.25, -0.2) is 4.79 Å². The quantitative estimate of drug-likeness (QED) is 0.467. The zero-order chi connectivity index (χ0) is 24.2. The summed E-state index contributed by atoms with van der Waals surface area (Å²) in [7, 11) is 0. The third-order valence-electron chi connectivity index (χ3n) is 5.75. The normalized spacial score (nSPS) is 16.8. The van der Waals surface area contributed by atoms with Crippen molar-refractivity contribution in [1.82, 2.24) is 4.90 Å². The van der Waals surface area contributed by atoms with Crippen LogP contribution in [0.4, 0.5) is 13.2 Å². The number of halogens is 3. The highest BCUT2D eigenvalue weighted by Crippen LogP contribution is 2.44. The molecule has 1 unspecified atom stereocenters. The molecule has 1 aliphatic heterocycles. The molecule has 176 valence electrons. The molecule has 1 aliphatic rings. The molecule has 1 heterocycles. The highest BCUT2D eigenvalue weighted by Gasteiger charge is 2.42. The van der Waals surface area contributed by atoms with Crippen LogP contribution in [0.1, 0.15) is 61.3 Å². The Morgan fingerprint density at radius 1 is 1.09 bits per heavy atom. The van der Waals surface area contributed by atoms with Crippen LogP contribution in [0, 0.1) is 6.92 Å². The van der Waals surface area contributed by atoms with Crippen molar-refractivity contribution in [2.75, 3.05) is 6.61 Å². The van der Waals surface area contributed by atoms with Crippen molar-refractivity contribution >= 4 is 11.9 Å². The average Bonchev–Trinajstić information content (AvgIpc) is 2.77. The maximum atomic E-state index is 13.8. The van der Waals surface area contributed by atoms with Crippen molar-refractivity contribution < 1.29 is 27.5 Å². The van der Waals surface area contributed by atoms with Crippen LogP contribution in [-0.4, -0.2) is 23.4 Å². The summed E-state index contributed by atoms with van der Waals surface area (Å²) < 4.78 is 46.6. The van der Waals surface area contributed by atoms with E-state index in [1.54, 1.807) is 6.92 Å². The van der Waals surface area contributed by atoms with Crippen LogP contribution in [-0.2, 0) is 27.0 Å². The second-order valence-electron chi connectivity index (χ2n) is 8.14. The molecule has 2 aromatic carbocycles. The molecule has 33 heavy (non-hydrogen) atoms. The summed E-state index contributed by atoms with van der Waals surface area (Å²) in [6.45, 7) is 5.83. The van der Waals surface area contributed by atoms with Gasteiger partial charge in [0, 0.05) is 18.0 Å². The fourth-order valence-electron chi connectivity index (χ4n) is 4.24. The molecule has 0 saturated heterocycles. The Morgan fingerprint density at radius 3 is 2.36 bits per heavy atom. The Kier molecular flexibility index (Phi) is 7.61. The number of carbonyl (C=O) groups excluding carboxylic acids is 2. The lowest BCUT2D eigenvalue weighted by atomic mass is 9.80. The maximum absolute atomic E-state index is 13.8. The van der Waals surface area contributed by atoms with Crippen LogP contribution in [0.5, 0.6) is 0 Å². The van der Waals surface area contributed by atoms with E-state index in [1.807, 2.05) is 38.1 Å². The first-order chi connectivity index (χ1) is 15.7. The number of hydrogen-bond donors (Lipinski definition) is 0. The number of hydrogen-bond acceptors (Lipinski definition) is 3. The molecule has 3 rings (SSSR count). The lowest BCUT2D eigenvalue weighted by Crippen LogP contribution is -2.39. The van der Waals surface area contributed by atoms with Crippen LogP contribution in [0.3, 0.4) is 0 Å². The maximum Gasteiger partial charge on any atom is 0.416 e. The van der Waals surface area contributed by atoms with Crippen molar-refractivity contribution in [3.05, 3.63) is 82.1 Å². The van der Waals surface area contributed by atoms with E-state index in [9.17, 15) is 22.8 Å². The molecule has 0 saturated carbocycles. The summed E-state index contributed by atoms with van der Waals surface area (Å²) >= 11 is 0. The zero-order valence-corrected chi connectivity index (χ0v) is 19.0. The van der Waals surface area contributed by atoms with Crippen molar-refractivity contribution in [3.63, 3.8) is 0 Å². The number of ether oxygens (including phenoxy) is 1. The molecule has 1 atom stereocenters. The fourth-order valence-corrected chi connectivity index (χ4v) is 4.24. The predicted molar refractivity (Wildman–Crippen MR) is 119 cm³/mol. The van der Waals surface area contributed by atoms with E-state index in [-0.39, 0.29) is 36.6 Å². The topological polar surface area (TPSA) is 46.6 Å². The van der Waals surface area contributed by atoms with Gasteiger partial charge < -0.3 is 9.64 Å². The molecule has 0 aliphatic carbocycles. The van der Waals surface area contributed by atoms with E-state index in [4.69, 9.17) is 4.74 Å². The third-order valence-corrected chi connectivity index (χ3v) is 5.75. The highest BCUT2D eigenvalue weighted by atomic mass is 19.4. The van der Waals surface area contributed by atoms with Gasteiger partial charge in [-0.15, -0.1) is 0 Å². The van der Waals surface area contributed by atoms with E-state index in [0.717, 1.165) is 17.2 Å². The Hall–Kier alpha value is -3.09. The molecule has 1 amide bonds. The SMILES string of the molecule is CCCC1=C(C(=O)OCC)C(c2ccccc2C(F)(F)F)CC(=O)N1Cc1ccc(C)cc1. The van der Waals surface area contributed by atoms with Crippen molar-refractivity contribution in [1.29, 1.82) is 0 Å². The summed E-state index contributed by atoms with van der Waals surface area (Å²) in [5.41, 5.74) is 1.61. The lowest BCUT2D eigenvalue weighted by molar-refractivity contribution is -0.142. The second kappa shape index (κ2) is 10.2. The van der Waals surface area contributed by atoms with Gasteiger partial charge >= 0.3 is 12.1 Å². The Bertz CT molecular complexity index is 1040. The number of aryl methyl sites for hydroxylation is 1. The average molecular weight is 460 g/mol. The first-order valence-electron chi connectivity index (χ1n) is 11.1. The van der Waals surface area contributed by atoms with Crippen LogP contribution in [0.25, 0.3) is 0 Å². The van der Waals surface area contributed by atoms with Crippen molar-refractivity contribution in [2.45, 2.75) is 58.7 Å². The van der Waals surface area contributed by atoms with Crippen LogP contribution >= 0.6 is 0 Å². The van der Waals surface area contributed by atoms with E-state index in [0.29, 0.717) is 18.5 Å². The molecular formula is C26H28F3NO3. The van der Waals surface area contributed by atoms with Gasteiger partial charge in [0.25, 0.3) is 0 Å². The molecule has 0 spiro atoms. The second-order valence-corrected chi connectivity index (χ2v) is 8.14.